The van der Waals surface area contributed by atoms with Gasteiger partial charge in [0.15, 0.2) is 5.16 Å². The molecule has 0 aliphatic carbocycles. The van der Waals surface area contributed by atoms with Gasteiger partial charge in [-0.3, -0.25) is 0 Å². The number of benzene rings is 1. The molecule has 0 aliphatic heterocycles. The molecular weight excluding hydrogens is 272 g/mol. The summed E-state index contributed by atoms with van der Waals surface area (Å²) in [5.41, 5.74) is 1.90. The second-order valence-corrected chi connectivity index (χ2v) is 5.39. The third-order valence-electron chi connectivity index (χ3n) is 2.92. The molecular formula is C14H18N4OS. The topological polar surface area (TPSA) is 73.7 Å². The van der Waals surface area contributed by atoms with Crippen LogP contribution in [0, 0.1) is 11.3 Å². The second kappa shape index (κ2) is 7.17. The highest BCUT2D eigenvalue weighted by molar-refractivity contribution is 7.99. The predicted octanol–water partition coefficient (Wildman–Crippen LogP) is 2.56. The first kappa shape index (κ1) is 14.7. The lowest BCUT2D eigenvalue weighted by atomic mass is 10.2. The number of nitrogens with zero attached hydrogens (tertiary/aromatic N) is 2. The molecule has 1 heterocycles. The zero-order valence-corrected chi connectivity index (χ0v) is 12.5. The summed E-state index contributed by atoms with van der Waals surface area (Å²) in [6, 6.07) is 7.94. The molecule has 1 unspecified atom stereocenters. The van der Waals surface area contributed by atoms with E-state index in [2.05, 4.69) is 21.4 Å². The summed E-state index contributed by atoms with van der Waals surface area (Å²) in [5.74, 6) is 1.66. The van der Waals surface area contributed by atoms with Crippen molar-refractivity contribution in [1.29, 1.82) is 5.26 Å². The number of nitrogens with one attached hydrogen (secondary N) is 2. The maximum absolute atomic E-state index is 8.97. The minimum absolute atomic E-state index is 0.0861. The molecule has 5 nitrogen and oxygen atoms in total. The first-order valence-electron chi connectivity index (χ1n) is 6.56. The molecule has 0 saturated carbocycles. The molecule has 6 heteroatoms. The number of thioether (sulfide) groups is 1. The normalized spacial score (nSPS) is 12.2. The summed E-state index contributed by atoms with van der Waals surface area (Å²) >= 11 is 1.63. The van der Waals surface area contributed by atoms with E-state index in [1.54, 1.807) is 18.9 Å². The van der Waals surface area contributed by atoms with E-state index in [-0.39, 0.29) is 6.04 Å². The zero-order chi connectivity index (χ0) is 14.4. The van der Waals surface area contributed by atoms with Crippen molar-refractivity contribution in [1.82, 2.24) is 15.3 Å². The molecule has 0 bridgehead atoms. The van der Waals surface area contributed by atoms with Crippen LogP contribution in [0.1, 0.15) is 13.3 Å². The Hall–Kier alpha value is -1.71. The number of fused-ring (bicyclic) bond motifs is 1. The Morgan fingerprint density at radius 1 is 1.55 bits per heavy atom. The lowest BCUT2D eigenvalue weighted by Gasteiger charge is -2.07. The van der Waals surface area contributed by atoms with Gasteiger partial charge in [-0.15, -0.1) is 0 Å². The van der Waals surface area contributed by atoms with Crippen LogP contribution in [0.4, 0.5) is 0 Å². The fraction of sp³-hybridized carbons (Fsp3) is 0.429. The lowest BCUT2D eigenvalue weighted by Crippen LogP contribution is -2.27. The van der Waals surface area contributed by atoms with Gasteiger partial charge in [0.2, 0.25) is 0 Å². The van der Waals surface area contributed by atoms with E-state index in [9.17, 15) is 0 Å². The number of hydrogen-bond acceptors (Lipinski definition) is 5. The SMILES string of the molecule is CCNC(C#N)CCSc1nc2ccc(OC)cc2[nH]1. The highest BCUT2D eigenvalue weighted by Gasteiger charge is 2.08. The maximum atomic E-state index is 8.97. The van der Waals surface area contributed by atoms with Crippen LogP contribution < -0.4 is 10.1 Å². The number of methoxy groups -OCH3 is 1. The van der Waals surface area contributed by atoms with Gasteiger partial charge in [-0.1, -0.05) is 18.7 Å². The van der Waals surface area contributed by atoms with E-state index in [1.165, 1.54) is 0 Å². The molecule has 2 rings (SSSR count). The molecule has 1 aromatic carbocycles. The minimum Gasteiger partial charge on any atom is -0.497 e. The second-order valence-electron chi connectivity index (χ2n) is 4.30. The van der Waals surface area contributed by atoms with Crippen molar-refractivity contribution in [2.24, 2.45) is 0 Å². The molecule has 0 spiro atoms. The lowest BCUT2D eigenvalue weighted by molar-refractivity contribution is 0.415. The van der Waals surface area contributed by atoms with Crippen molar-refractivity contribution in [3.63, 3.8) is 0 Å². The molecule has 2 aromatic rings. The smallest absolute Gasteiger partial charge is 0.166 e. The Balaban J connectivity index is 1.95. The summed E-state index contributed by atoms with van der Waals surface area (Å²) in [5, 5.41) is 13.0. The minimum atomic E-state index is -0.0861. The summed E-state index contributed by atoms with van der Waals surface area (Å²) < 4.78 is 5.19. The number of aromatic nitrogens is 2. The molecule has 0 radical (unpaired) electrons. The molecule has 1 atom stereocenters. The number of H-pyrrole nitrogens is 1. The van der Waals surface area contributed by atoms with Crippen molar-refractivity contribution in [2.45, 2.75) is 24.5 Å². The van der Waals surface area contributed by atoms with Gasteiger partial charge in [0.05, 0.1) is 30.3 Å². The Labute approximate surface area is 122 Å². The average molecular weight is 290 g/mol. The molecule has 0 fully saturated rings. The van der Waals surface area contributed by atoms with Crippen molar-refractivity contribution in [2.75, 3.05) is 19.4 Å². The van der Waals surface area contributed by atoms with Gasteiger partial charge in [0, 0.05) is 11.8 Å². The summed E-state index contributed by atoms with van der Waals surface area (Å²) in [7, 11) is 1.65. The first-order valence-corrected chi connectivity index (χ1v) is 7.55. The van der Waals surface area contributed by atoms with Crippen molar-refractivity contribution in [3.8, 4) is 11.8 Å². The zero-order valence-electron chi connectivity index (χ0n) is 11.6. The van der Waals surface area contributed by atoms with Crippen molar-refractivity contribution >= 4 is 22.8 Å². The van der Waals surface area contributed by atoms with Crippen LogP contribution in [0.15, 0.2) is 23.4 Å². The number of hydrogen-bond donors (Lipinski definition) is 2. The van der Waals surface area contributed by atoms with E-state index in [1.807, 2.05) is 25.1 Å². The van der Waals surface area contributed by atoms with Crippen LogP contribution >= 0.6 is 11.8 Å². The van der Waals surface area contributed by atoms with Gasteiger partial charge in [0.1, 0.15) is 5.75 Å². The highest BCUT2D eigenvalue weighted by atomic mass is 32.2. The number of imidazole rings is 1. The summed E-state index contributed by atoms with van der Waals surface area (Å²) in [6.45, 7) is 2.82. The highest BCUT2D eigenvalue weighted by Crippen LogP contribution is 2.23. The Morgan fingerprint density at radius 2 is 2.40 bits per heavy atom. The van der Waals surface area contributed by atoms with Crippen LogP contribution in [0.3, 0.4) is 0 Å². The van der Waals surface area contributed by atoms with Gasteiger partial charge in [-0.05, 0) is 25.1 Å². The van der Waals surface area contributed by atoms with Crippen LogP contribution in [0.25, 0.3) is 11.0 Å². The molecule has 20 heavy (non-hydrogen) atoms. The Kier molecular flexibility index (Phi) is 5.27. The molecule has 0 saturated heterocycles. The number of rotatable bonds is 7. The average Bonchev–Trinajstić information content (AvgIpc) is 2.87. The molecule has 0 aliphatic rings. The molecule has 106 valence electrons. The first-order chi connectivity index (χ1) is 9.76. The quantitative estimate of drug-likeness (QED) is 0.767. The number of nitriles is 1. The standard InChI is InChI=1S/C14H18N4OS/c1-3-16-10(9-15)6-7-20-14-17-12-5-4-11(19-2)8-13(12)18-14/h4-5,8,10,16H,3,6-7H2,1-2H3,(H,17,18). The number of aromatic amines is 1. The Bertz CT molecular complexity index is 605. The summed E-state index contributed by atoms with van der Waals surface area (Å²) in [4.78, 5) is 7.77. The van der Waals surface area contributed by atoms with Crippen LogP contribution in [-0.4, -0.2) is 35.4 Å². The van der Waals surface area contributed by atoms with Crippen molar-refractivity contribution in [3.05, 3.63) is 18.2 Å². The maximum Gasteiger partial charge on any atom is 0.166 e. The van der Waals surface area contributed by atoms with Crippen molar-refractivity contribution < 1.29 is 4.74 Å². The van der Waals surface area contributed by atoms with E-state index in [4.69, 9.17) is 10.00 Å². The monoisotopic (exact) mass is 290 g/mol. The van der Waals surface area contributed by atoms with Gasteiger partial charge < -0.3 is 15.0 Å². The van der Waals surface area contributed by atoms with E-state index >= 15 is 0 Å². The van der Waals surface area contributed by atoms with Crippen LogP contribution in [0.5, 0.6) is 5.75 Å². The largest absolute Gasteiger partial charge is 0.497 e. The third kappa shape index (κ3) is 3.65. The number of ether oxygens (including phenoxy) is 1. The third-order valence-corrected chi connectivity index (χ3v) is 3.83. The van der Waals surface area contributed by atoms with Crippen LogP contribution in [0.2, 0.25) is 0 Å². The molecule has 2 N–H and O–H groups in total. The van der Waals surface area contributed by atoms with Crippen LogP contribution in [-0.2, 0) is 0 Å². The fourth-order valence-corrected chi connectivity index (χ4v) is 2.78. The molecule has 0 amide bonds. The van der Waals surface area contributed by atoms with E-state index < -0.39 is 0 Å². The fourth-order valence-electron chi connectivity index (χ4n) is 1.89. The molecule has 1 aromatic heterocycles. The van der Waals surface area contributed by atoms with Gasteiger partial charge >= 0.3 is 0 Å². The summed E-state index contributed by atoms with van der Waals surface area (Å²) in [6.07, 6.45) is 0.801. The van der Waals surface area contributed by atoms with E-state index in [0.717, 1.165) is 40.7 Å². The predicted molar refractivity (Wildman–Crippen MR) is 81.1 cm³/mol. The van der Waals surface area contributed by atoms with Gasteiger partial charge in [0.25, 0.3) is 0 Å². The van der Waals surface area contributed by atoms with Gasteiger partial charge in [-0.25, -0.2) is 4.98 Å². The van der Waals surface area contributed by atoms with E-state index in [0.29, 0.717) is 0 Å². The Morgan fingerprint density at radius 3 is 3.10 bits per heavy atom. The van der Waals surface area contributed by atoms with Gasteiger partial charge in [-0.2, -0.15) is 5.26 Å².